The van der Waals surface area contributed by atoms with Crippen molar-refractivity contribution in [2.45, 2.75) is 6.92 Å². The van der Waals surface area contributed by atoms with Crippen LogP contribution in [0.3, 0.4) is 0 Å². The Bertz CT molecular complexity index is 538. The van der Waals surface area contributed by atoms with Gasteiger partial charge in [0.25, 0.3) is 0 Å². The van der Waals surface area contributed by atoms with E-state index in [0.29, 0.717) is 17.1 Å². The third-order valence-corrected chi connectivity index (χ3v) is 2.23. The van der Waals surface area contributed by atoms with Gasteiger partial charge in [0.1, 0.15) is 11.9 Å². The van der Waals surface area contributed by atoms with E-state index in [0.717, 1.165) is 10.8 Å². The molecule has 14 heavy (non-hydrogen) atoms. The van der Waals surface area contributed by atoms with Gasteiger partial charge in [-0.05, 0) is 6.92 Å². The van der Waals surface area contributed by atoms with Crippen LogP contribution in [0.25, 0.3) is 10.8 Å². The summed E-state index contributed by atoms with van der Waals surface area (Å²) in [6, 6.07) is 9.68. The second-order valence-corrected chi connectivity index (χ2v) is 3.11. The molecule has 3 nitrogen and oxygen atoms in total. The first-order valence-electron chi connectivity index (χ1n) is 4.29. The monoisotopic (exact) mass is 183 g/mol. The molecule has 0 aliphatic heterocycles. The largest absolute Gasteiger partial charge is 0.383 e. The normalized spacial score (nSPS) is 10.0. The lowest BCUT2D eigenvalue weighted by atomic mass is 10.1. The third kappa shape index (κ3) is 1.09. The minimum atomic E-state index is 0.483. The van der Waals surface area contributed by atoms with Crippen LogP contribution in [0.15, 0.2) is 24.3 Å². The number of benzene rings is 1. The summed E-state index contributed by atoms with van der Waals surface area (Å²) in [5.41, 5.74) is 7.05. The number of nitriles is 1. The topological polar surface area (TPSA) is 62.7 Å². The predicted molar refractivity (Wildman–Crippen MR) is 55.6 cm³/mol. The van der Waals surface area contributed by atoms with Crippen molar-refractivity contribution in [2.75, 3.05) is 5.73 Å². The van der Waals surface area contributed by atoms with Gasteiger partial charge in [0.15, 0.2) is 0 Å². The molecule has 0 amide bonds. The first-order chi connectivity index (χ1) is 6.74. The molecule has 68 valence electrons. The standard InChI is InChI=1S/C11H9N3/c1-7-10(6-12)8-4-2-3-5-9(8)11(13)14-7/h2-5H,1H3,(H2,13,14). The Morgan fingerprint density at radius 1 is 1.29 bits per heavy atom. The first-order valence-corrected chi connectivity index (χ1v) is 4.29. The van der Waals surface area contributed by atoms with Gasteiger partial charge in [-0.15, -0.1) is 0 Å². The summed E-state index contributed by atoms with van der Waals surface area (Å²) < 4.78 is 0. The van der Waals surface area contributed by atoms with Crippen molar-refractivity contribution >= 4 is 16.6 Å². The third-order valence-electron chi connectivity index (χ3n) is 2.23. The number of nitrogens with zero attached hydrogens (tertiary/aromatic N) is 2. The Morgan fingerprint density at radius 3 is 2.57 bits per heavy atom. The van der Waals surface area contributed by atoms with Gasteiger partial charge in [0.05, 0.1) is 11.3 Å². The Morgan fingerprint density at radius 2 is 1.93 bits per heavy atom. The Labute approximate surface area is 81.8 Å². The van der Waals surface area contributed by atoms with Crippen molar-refractivity contribution in [3.63, 3.8) is 0 Å². The number of pyridine rings is 1. The van der Waals surface area contributed by atoms with Gasteiger partial charge in [-0.1, -0.05) is 24.3 Å². The number of fused-ring (bicyclic) bond motifs is 1. The molecule has 1 aromatic heterocycles. The molecule has 3 heteroatoms. The van der Waals surface area contributed by atoms with E-state index in [4.69, 9.17) is 11.0 Å². The zero-order valence-corrected chi connectivity index (χ0v) is 7.78. The number of hydrogen-bond donors (Lipinski definition) is 1. The molecular formula is C11H9N3. The van der Waals surface area contributed by atoms with Crippen LogP contribution in [0.4, 0.5) is 5.82 Å². The van der Waals surface area contributed by atoms with E-state index in [9.17, 15) is 0 Å². The molecule has 0 radical (unpaired) electrons. The summed E-state index contributed by atoms with van der Waals surface area (Å²) in [6.07, 6.45) is 0. The highest BCUT2D eigenvalue weighted by Crippen LogP contribution is 2.24. The van der Waals surface area contributed by atoms with Crippen molar-refractivity contribution < 1.29 is 0 Å². The lowest BCUT2D eigenvalue weighted by molar-refractivity contribution is 1.21. The van der Waals surface area contributed by atoms with Crippen LogP contribution in [0.5, 0.6) is 0 Å². The highest BCUT2D eigenvalue weighted by molar-refractivity contribution is 5.95. The minimum absolute atomic E-state index is 0.483. The predicted octanol–water partition coefficient (Wildman–Crippen LogP) is 2.00. The molecule has 0 atom stereocenters. The van der Waals surface area contributed by atoms with Crippen molar-refractivity contribution in [1.82, 2.24) is 4.98 Å². The minimum Gasteiger partial charge on any atom is -0.383 e. The van der Waals surface area contributed by atoms with Crippen molar-refractivity contribution in [2.24, 2.45) is 0 Å². The Hall–Kier alpha value is -2.08. The fourth-order valence-corrected chi connectivity index (χ4v) is 1.56. The molecule has 0 spiro atoms. The van der Waals surface area contributed by atoms with Crippen molar-refractivity contribution in [3.8, 4) is 6.07 Å². The summed E-state index contributed by atoms with van der Waals surface area (Å²) in [4.78, 5) is 4.13. The van der Waals surface area contributed by atoms with E-state index in [1.807, 2.05) is 24.3 Å². The van der Waals surface area contributed by atoms with Crippen LogP contribution in [0.2, 0.25) is 0 Å². The van der Waals surface area contributed by atoms with Gasteiger partial charge in [0.2, 0.25) is 0 Å². The van der Waals surface area contributed by atoms with Gasteiger partial charge >= 0.3 is 0 Å². The maximum absolute atomic E-state index is 8.98. The molecule has 0 aliphatic rings. The average molecular weight is 183 g/mol. The summed E-state index contributed by atoms with van der Waals surface area (Å²) in [6.45, 7) is 1.79. The maximum atomic E-state index is 8.98. The molecule has 0 saturated heterocycles. The average Bonchev–Trinajstić information content (AvgIpc) is 2.18. The molecule has 2 aromatic rings. The van der Waals surface area contributed by atoms with Gasteiger partial charge in [-0.2, -0.15) is 5.26 Å². The Kier molecular flexibility index (Phi) is 1.83. The number of anilines is 1. The molecule has 0 aliphatic carbocycles. The molecule has 0 fully saturated rings. The van der Waals surface area contributed by atoms with Gasteiger partial charge in [-0.3, -0.25) is 0 Å². The van der Waals surface area contributed by atoms with Crippen molar-refractivity contribution in [1.29, 1.82) is 5.26 Å². The highest BCUT2D eigenvalue weighted by Gasteiger charge is 2.07. The molecule has 1 heterocycles. The number of rotatable bonds is 0. The second-order valence-electron chi connectivity index (χ2n) is 3.11. The molecule has 1 aromatic carbocycles. The van der Waals surface area contributed by atoms with Crippen LogP contribution in [0, 0.1) is 18.3 Å². The smallest absolute Gasteiger partial charge is 0.131 e. The van der Waals surface area contributed by atoms with Crippen LogP contribution in [-0.2, 0) is 0 Å². The van der Waals surface area contributed by atoms with Gasteiger partial charge < -0.3 is 5.73 Å². The van der Waals surface area contributed by atoms with Crippen LogP contribution < -0.4 is 5.73 Å². The molecule has 0 saturated carbocycles. The lowest BCUT2D eigenvalue weighted by Gasteiger charge is -2.05. The van der Waals surface area contributed by atoms with E-state index < -0.39 is 0 Å². The number of nitrogens with two attached hydrogens (primary N) is 1. The number of hydrogen-bond acceptors (Lipinski definition) is 3. The summed E-state index contributed by atoms with van der Waals surface area (Å²) in [5, 5.41) is 10.7. The summed E-state index contributed by atoms with van der Waals surface area (Å²) >= 11 is 0. The molecular weight excluding hydrogens is 174 g/mol. The quantitative estimate of drug-likeness (QED) is 0.679. The number of nitrogen functional groups attached to an aromatic ring is 1. The first kappa shape index (κ1) is 8.52. The number of aromatic nitrogens is 1. The Balaban J connectivity index is 3.00. The fourth-order valence-electron chi connectivity index (χ4n) is 1.56. The molecule has 0 unspecified atom stereocenters. The summed E-state index contributed by atoms with van der Waals surface area (Å²) in [7, 11) is 0. The lowest BCUT2D eigenvalue weighted by Crippen LogP contribution is -1.97. The molecule has 2 rings (SSSR count). The van der Waals surface area contributed by atoms with Crippen LogP contribution in [0.1, 0.15) is 11.3 Å². The molecule has 0 bridgehead atoms. The summed E-state index contributed by atoms with van der Waals surface area (Å²) in [5.74, 6) is 0.483. The van der Waals surface area contributed by atoms with E-state index >= 15 is 0 Å². The SMILES string of the molecule is Cc1nc(N)c2ccccc2c1C#N. The van der Waals surface area contributed by atoms with E-state index in [2.05, 4.69) is 11.1 Å². The van der Waals surface area contributed by atoms with Crippen molar-refractivity contribution in [3.05, 3.63) is 35.5 Å². The second kappa shape index (κ2) is 3.00. The molecule has 2 N–H and O–H groups in total. The van der Waals surface area contributed by atoms with E-state index in [1.54, 1.807) is 6.92 Å². The van der Waals surface area contributed by atoms with Gasteiger partial charge in [0, 0.05) is 10.8 Å². The highest BCUT2D eigenvalue weighted by atomic mass is 14.8. The number of aryl methyl sites for hydroxylation is 1. The van der Waals surface area contributed by atoms with E-state index in [1.165, 1.54) is 0 Å². The van der Waals surface area contributed by atoms with Crippen LogP contribution >= 0.6 is 0 Å². The van der Waals surface area contributed by atoms with E-state index in [-0.39, 0.29) is 0 Å². The zero-order chi connectivity index (χ0) is 10.1. The van der Waals surface area contributed by atoms with Gasteiger partial charge in [-0.25, -0.2) is 4.98 Å². The van der Waals surface area contributed by atoms with Crippen LogP contribution in [-0.4, -0.2) is 4.98 Å². The maximum Gasteiger partial charge on any atom is 0.131 e. The fraction of sp³-hybridized carbons (Fsp3) is 0.0909. The zero-order valence-electron chi connectivity index (χ0n) is 7.78.